The van der Waals surface area contributed by atoms with E-state index in [9.17, 15) is 13.6 Å². The summed E-state index contributed by atoms with van der Waals surface area (Å²) >= 11 is 0.875. The van der Waals surface area contributed by atoms with E-state index in [1.807, 2.05) is 6.92 Å². The van der Waals surface area contributed by atoms with Crippen LogP contribution in [0.1, 0.15) is 28.7 Å². The van der Waals surface area contributed by atoms with Gasteiger partial charge < -0.3 is 10.4 Å². The van der Waals surface area contributed by atoms with E-state index < -0.39 is 25.0 Å². The summed E-state index contributed by atoms with van der Waals surface area (Å²) in [6.07, 6.45) is 1.37. The molecular formula is C9H13F2N3O2S. The van der Waals surface area contributed by atoms with Crippen molar-refractivity contribution < 1.29 is 18.7 Å². The molecule has 0 radical (unpaired) electrons. The predicted octanol–water partition coefficient (Wildman–Crippen LogP) is 0.848. The van der Waals surface area contributed by atoms with E-state index in [0.717, 1.165) is 18.0 Å². The zero-order valence-electron chi connectivity index (χ0n) is 9.24. The second kappa shape index (κ2) is 5.97. The van der Waals surface area contributed by atoms with Crippen molar-refractivity contribution in [3.05, 3.63) is 10.6 Å². The van der Waals surface area contributed by atoms with Crippen molar-refractivity contribution in [1.29, 1.82) is 0 Å². The van der Waals surface area contributed by atoms with Crippen molar-refractivity contribution in [2.45, 2.75) is 25.7 Å². The summed E-state index contributed by atoms with van der Waals surface area (Å²) in [6.45, 7) is -0.275. The maximum atomic E-state index is 12.7. The zero-order chi connectivity index (χ0) is 12.9. The molecule has 1 heterocycles. The Labute approximate surface area is 101 Å². The smallest absolute Gasteiger partial charge is 0.287 e. The standard InChI is InChI=1S/C9H13F2N3O2S/c1-2-3-6-7(17-14-13-6)8(16)12-4-9(10,11)5-15/h15H,2-5H2,1H3,(H,12,16). The van der Waals surface area contributed by atoms with Crippen LogP contribution in [0.25, 0.3) is 0 Å². The molecule has 1 amide bonds. The monoisotopic (exact) mass is 265 g/mol. The van der Waals surface area contributed by atoms with Gasteiger partial charge >= 0.3 is 0 Å². The number of aromatic nitrogens is 2. The van der Waals surface area contributed by atoms with Crippen LogP contribution in [0.5, 0.6) is 0 Å². The predicted molar refractivity (Wildman–Crippen MR) is 58.3 cm³/mol. The van der Waals surface area contributed by atoms with Gasteiger partial charge in [-0.05, 0) is 18.0 Å². The highest BCUT2D eigenvalue weighted by molar-refractivity contribution is 7.08. The van der Waals surface area contributed by atoms with Gasteiger partial charge in [-0.15, -0.1) is 5.10 Å². The van der Waals surface area contributed by atoms with Gasteiger partial charge in [-0.25, -0.2) is 8.78 Å². The molecule has 0 unspecified atom stereocenters. The molecule has 0 bridgehead atoms. The molecule has 1 aromatic rings. The molecule has 17 heavy (non-hydrogen) atoms. The molecule has 0 aliphatic carbocycles. The number of hydrogen-bond donors (Lipinski definition) is 2. The third kappa shape index (κ3) is 3.97. The lowest BCUT2D eigenvalue weighted by molar-refractivity contribution is -0.0461. The van der Waals surface area contributed by atoms with E-state index in [1.54, 1.807) is 0 Å². The summed E-state index contributed by atoms with van der Waals surface area (Å²) in [5, 5.41) is 14.2. The number of aryl methyl sites for hydroxylation is 1. The quantitative estimate of drug-likeness (QED) is 0.799. The van der Waals surface area contributed by atoms with Crippen LogP contribution in [-0.2, 0) is 6.42 Å². The molecule has 0 saturated heterocycles. The first-order chi connectivity index (χ1) is 8.00. The number of carbonyl (C=O) groups excluding carboxylic acids is 1. The summed E-state index contributed by atoms with van der Waals surface area (Å²) in [5.74, 6) is -3.94. The number of rotatable bonds is 6. The maximum Gasteiger partial charge on any atom is 0.287 e. The van der Waals surface area contributed by atoms with E-state index in [4.69, 9.17) is 5.11 Å². The third-order valence-corrected chi connectivity index (χ3v) is 2.75. The summed E-state index contributed by atoms with van der Waals surface area (Å²) < 4.78 is 29.0. The fraction of sp³-hybridized carbons (Fsp3) is 0.667. The topological polar surface area (TPSA) is 75.1 Å². The number of amides is 1. The number of nitrogens with zero attached hydrogens (tertiary/aromatic N) is 2. The summed E-state index contributed by atoms with van der Waals surface area (Å²) in [6, 6.07) is 0. The number of halogens is 2. The van der Waals surface area contributed by atoms with E-state index in [0.29, 0.717) is 12.1 Å². The Morgan fingerprint density at radius 2 is 2.29 bits per heavy atom. The van der Waals surface area contributed by atoms with Gasteiger partial charge in [0.1, 0.15) is 11.5 Å². The molecule has 5 nitrogen and oxygen atoms in total. The number of aliphatic hydroxyl groups is 1. The number of nitrogens with one attached hydrogen (secondary N) is 1. The van der Waals surface area contributed by atoms with Crippen LogP contribution in [0.3, 0.4) is 0 Å². The third-order valence-electron chi connectivity index (χ3n) is 1.99. The Morgan fingerprint density at radius 3 is 2.88 bits per heavy atom. The molecule has 0 spiro atoms. The van der Waals surface area contributed by atoms with Crippen molar-refractivity contribution in [3.8, 4) is 0 Å². The Kier molecular flexibility index (Phi) is 4.88. The van der Waals surface area contributed by atoms with Crippen LogP contribution in [0, 0.1) is 0 Å². The van der Waals surface area contributed by atoms with Gasteiger partial charge in [-0.2, -0.15) is 0 Å². The minimum absolute atomic E-state index is 0.251. The lowest BCUT2D eigenvalue weighted by Gasteiger charge is -2.13. The first-order valence-corrected chi connectivity index (χ1v) is 5.85. The second-order valence-electron chi connectivity index (χ2n) is 3.50. The Bertz CT molecular complexity index is 384. The fourth-order valence-electron chi connectivity index (χ4n) is 1.13. The van der Waals surface area contributed by atoms with Crippen LogP contribution in [0.4, 0.5) is 8.78 Å². The number of carbonyl (C=O) groups is 1. The van der Waals surface area contributed by atoms with E-state index >= 15 is 0 Å². The highest BCUT2D eigenvalue weighted by atomic mass is 32.1. The van der Waals surface area contributed by atoms with Crippen LogP contribution >= 0.6 is 11.5 Å². The van der Waals surface area contributed by atoms with Crippen molar-refractivity contribution in [3.63, 3.8) is 0 Å². The maximum absolute atomic E-state index is 12.7. The van der Waals surface area contributed by atoms with Crippen LogP contribution in [0.15, 0.2) is 0 Å². The van der Waals surface area contributed by atoms with E-state index in [1.165, 1.54) is 0 Å². The Morgan fingerprint density at radius 1 is 1.59 bits per heavy atom. The molecule has 0 aliphatic heterocycles. The molecule has 1 aromatic heterocycles. The molecule has 0 atom stereocenters. The number of hydrogen-bond acceptors (Lipinski definition) is 5. The Hall–Kier alpha value is -1.15. The SMILES string of the molecule is CCCc1nnsc1C(=O)NCC(F)(F)CO. The summed E-state index contributed by atoms with van der Waals surface area (Å²) in [7, 11) is 0. The minimum Gasteiger partial charge on any atom is -0.390 e. The average molecular weight is 265 g/mol. The first-order valence-electron chi connectivity index (χ1n) is 5.08. The van der Waals surface area contributed by atoms with Gasteiger partial charge in [0.15, 0.2) is 0 Å². The number of alkyl halides is 2. The normalized spacial score (nSPS) is 11.5. The van der Waals surface area contributed by atoms with Gasteiger partial charge in [0.25, 0.3) is 11.8 Å². The lowest BCUT2D eigenvalue weighted by Crippen LogP contribution is -2.39. The largest absolute Gasteiger partial charge is 0.390 e. The second-order valence-corrected chi connectivity index (χ2v) is 4.25. The molecule has 0 aliphatic rings. The van der Waals surface area contributed by atoms with Crippen LogP contribution < -0.4 is 5.32 Å². The van der Waals surface area contributed by atoms with E-state index in [2.05, 4.69) is 14.9 Å². The summed E-state index contributed by atoms with van der Waals surface area (Å²) in [5.41, 5.74) is 0.516. The lowest BCUT2D eigenvalue weighted by atomic mass is 10.2. The molecule has 0 fully saturated rings. The van der Waals surface area contributed by atoms with E-state index in [-0.39, 0.29) is 4.88 Å². The highest BCUT2D eigenvalue weighted by Crippen LogP contribution is 2.14. The van der Waals surface area contributed by atoms with Gasteiger partial charge in [0, 0.05) is 0 Å². The van der Waals surface area contributed by atoms with Crippen molar-refractivity contribution >= 4 is 17.4 Å². The molecule has 0 saturated carbocycles. The van der Waals surface area contributed by atoms with Crippen molar-refractivity contribution in [2.75, 3.05) is 13.2 Å². The fourth-order valence-corrected chi connectivity index (χ4v) is 1.75. The average Bonchev–Trinajstić information content (AvgIpc) is 2.75. The van der Waals surface area contributed by atoms with Gasteiger partial charge in [-0.1, -0.05) is 17.8 Å². The van der Waals surface area contributed by atoms with Gasteiger partial charge in [0.2, 0.25) is 0 Å². The van der Waals surface area contributed by atoms with Crippen LogP contribution in [-0.4, -0.2) is 39.7 Å². The molecular weight excluding hydrogens is 252 g/mol. The van der Waals surface area contributed by atoms with Gasteiger partial charge in [-0.3, -0.25) is 4.79 Å². The molecule has 8 heteroatoms. The van der Waals surface area contributed by atoms with Crippen molar-refractivity contribution in [1.82, 2.24) is 14.9 Å². The zero-order valence-corrected chi connectivity index (χ0v) is 10.1. The molecule has 2 N–H and O–H groups in total. The molecule has 96 valence electrons. The van der Waals surface area contributed by atoms with Crippen molar-refractivity contribution in [2.24, 2.45) is 0 Å². The minimum atomic E-state index is -3.31. The highest BCUT2D eigenvalue weighted by Gasteiger charge is 2.29. The molecule has 1 rings (SSSR count). The Balaban J connectivity index is 2.61. The summed E-state index contributed by atoms with van der Waals surface area (Å²) in [4.78, 5) is 11.8. The number of aliphatic hydroxyl groups excluding tert-OH is 1. The van der Waals surface area contributed by atoms with Gasteiger partial charge in [0.05, 0.1) is 12.2 Å². The first kappa shape index (κ1) is 13.9. The molecule has 0 aromatic carbocycles. The van der Waals surface area contributed by atoms with Crippen LogP contribution in [0.2, 0.25) is 0 Å².